The lowest BCUT2D eigenvalue weighted by atomic mass is 10.1. The fourth-order valence-electron chi connectivity index (χ4n) is 2.41. The van der Waals surface area contributed by atoms with Gasteiger partial charge in [-0.25, -0.2) is 9.48 Å². The number of nitrogens with zero attached hydrogens (tertiary/aromatic N) is 2. The van der Waals surface area contributed by atoms with Crippen LogP contribution < -0.4 is 10.1 Å². The van der Waals surface area contributed by atoms with Crippen molar-refractivity contribution in [2.24, 2.45) is 0 Å². The van der Waals surface area contributed by atoms with Crippen LogP contribution >= 0.6 is 0 Å². The Balaban J connectivity index is 1.53. The molecule has 0 atom stereocenters. The number of carbonyl (C=O) groups is 2. The number of hydrogen-bond donors (Lipinski definition) is 1. The third-order valence-corrected chi connectivity index (χ3v) is 3.66. The normalized spacial score (nSPS) is 10.3. The van der Waals surface area contributed by atoms with Gasteiger partial charge in [0.15, 0.2) is 0 Å². The van der Waals surface area contributed by atoms with E-state index in [2.05, 4.69) is 10.4 Å². The zero-order valence-corrected chi connectivity index (χ0v) is 14.8. The lowest BCUT2D eigenvalue weighted by Crippen LogP contribution is -2.13. The van der Waals surface area contributed by atoms with Crippen molar-refractivity contribution in [2.75, 3.05) is 11.9 Å². The Labute approximate surface area is 156 Å². The van der Waals surface area contributed by atoms with Crippen LogP contribution in [-0.2, 0) is 16.0 Å². The van der Waals surface area contributed by atoms with Gasteiger partial charge in [0.05, 0.1) is 18.7 Å². The number of amides is 1. The molecule has 0 aliphatic heterocycles. The number of ether oxygens (including phenoxy) is 2. The second-order valence-electron chi connectivity index (χ2n) is 5.64. The summed E-state index contributed by atoms with van der Waals surface area (Å²) in [6.45, 7) is 2.03. The Kier molecular flexibility index (Phi) is 5.84. The van der Waals surface area contributed by atoms with E-state index in [1.807, 2.05) is 36.5 Å². The average Bonchev–Trinajstić information content (AvgIpc) is 3.19. The predicted octanol–water partition coefficient (Wildman–Crippen LogP) is 3.59. The molecule has 138 valence electrons. The van der Waals surface area contributed by atoms with E-state index in [0.717, 1.165) is 11.3 Å². The van der Waals surface area contributed by atoms with Crippen molar-refractivity contribution < 1.29 is 19.1 Å². The number of benzene rings is 2. The smallest absolute Gasteiger partial charge is 0.411 e. The van der Waals surface area contributed by atoms with Gasteiger partial charge in [0, 0.05) is 18.1 Å². The Morgan fingerprint density at radius 1 is 1.07 bits per heavy atom. The van der Waals surface area contributed by atoms with Gasteiger partial charge >= 0.3 is 12.1 Å². The summed E-state index contributed by atoms with van der Waals surface area (Å²) >= 11 is 0. The van der Waals surface area contributed by atoms with Gasteiger partial charge in [-0.15, -0.1) is 0 Å². The van der Waals surface area contributed by atoms with Crippen LogP contribution in [0.5, 0.6) is 5.75 Å². The van der Waals surface area contributed by atoms with Gasteiger partial charge in [-0.1, -0.05) is 12.1 Å². The molecule has 0 radical (unpaired) electrons. The van der Waals surface area contributed by atoms with E-state index < -0.39 is 6.09 Å². The summed E-state index contributed by atoms with van der Waals surface area (Å²) in [4.78, 5) is 23.5. The molecule has 3 rings (SSSR count). The van der Waals surface area contributed by atoms with Crippen molar-refractivity contribution in [3.8, 4) is 11.4 Å². The van der Waals surface area contributed by atoms with Crippen LogP contribution in [0.3, 0.4) is 0 Å². The highest BCUT2D eigenvalue weighted by molar-refractivity contribution is 5.84. The van der Waals surface area contributed by atoms with Crippen LogP contribution in [0.15, 0.2) is 67.0 Å². The summed E-state index contributed by atoms with van der Waals surface area (Å²) in [6.07, 6.45) is 3.19. The maximum Gasteiger partial charge on any atom is 0.411 e. The fraction of sp³-hybridized carbons (Fsp3) is 0.150. The van der Waals surface area contributed by atoms with Crippen LogP contribution in [0, 0.1) is 0 Å². The maximum absolute atomic E-state index is 12.1. The van der Waals surface area contributed by atoms with Gasteiger partial charge in [-0.05, 0) is 55.0 Å². The summed E-state index contributed by atoms with van der Waals surface area (Å²) in [7, 11) is 0. The van der Waals surface area contributed by atoms with Crippen molar-refractivity contribution >= 4 is 17.7 Å². The topological polar surface area (TPSA) is 82.5 Å². The van der Waals surface area contributed by atoms with E-state index in [0.29, 0.717) is 18.0 Å². The molecule has 1 heterocycles. The standard InChI is InChI=1S/C20H19N3O4/c1-2-26-20(25)22-16-6-10-18(11-7-16)27-19(24)14-15-4-8-17(9-5-15)23-13-3-12-21-23/h3-13H,2,14H2,1H3,(H,22,25). The van der Waals surface area contributed by atoms with Gasteiger partial charge in [0.1, 0.15) is 5.75 Å². The Hall–Kier alpha value is -3.61. The van der Waals surface area contributed by atoms with Gasteiger partial charge < -0.3 is 9.47 Å². The number of aromatic nitrogens is 2. The lowest BCUT2D eigenvalue weighted by Gasteiger charge is -2.08. The minimum atomic E-state index is -0.527. The highest BCUT2D eigenvalue weighted by Crippen LogP contribution is 2.17. The lowest BCUT2D eigenvalue weighted by molar-refractivity contribution is -0.133. The first-order valence-electron chi connectivity index (χ1n) is 8.47. The molecule has 2 aromatic carbocycles. The molecular formula is C20H19N3O4. The highest BCUT2D eigenvalue weighted by Gasteiger charge is 2.08. The van der Waals surface area contributed by atoms with Crippen LogP contribution in [0.4, 0.5) is 10.5 Å². The number of nitrogens with one attached hydrogen (secondary N) is 1. The molecule has 0 fully saturated rings. The number of anilines is 1. The molecular weight excluding hydrogens is 346 g/mol. The van der Waals surface area contributed by atoms with Gasteiger partial charge in [0.25, 0.3) is 0 Å². The van der Waals surface area contributed by atoms with E-state index in [-0.39, 0.29) is 12.4 Å². The first kappa shape index (κ1) is 18.2. The number of carbonyl (C=O) groups excluding carboxylic acids is 2. The van der Waals surface area contributed by atoms with E-state index in [9.17, 15) is 9.59 Å². The van der Waals surface area contributed by atoms with Crippen LogP contribution in [0.25, 0.3) is 5.69 Å². The molecule has 0 saturated heterocycles. The van der Waals surface area contributed by atoms with Gasteiger partial charge in [0.2, 0.25) is 0 Å². The fourth-order valence-corrected chi connectivity index (χ4v) is 2.41. The van der Waals surface area contributed by atoms with E-state index in [1.54, 1.807) is 42.1 Å². The largest absolute Gasteiger partial charge is 0.450 e. The third-order valence-electron chi connectivity index (χ3n) is 3.66. The molecule has 0 spiro atoms. The van der Waals surface area contributed by atoms with E-state index >= 15 is 0 Å². The Bertz CT molecular complexity index is 888. The molecule has 1 N–H and O–H groups in total. The summed E-state index contributed by atoms with van der Waals surface area (Å²) in [5.41, 5.74) is 2.32. The molecule has 0 aliphatic carbocycles. The van der Waals surface area contributed by atoms with E-state index in [1.165, 1.54) is 0 Å². The molecule has 1 amide bonds. The number of hydrogen-bond acceptors (Lipinski definition) is 5. The SMILES string of the molecule is CCOC(=O)Nc1ccc(OC(=O)Cc2ccc(-n3cccn3)cc2)cc1. The van der Waals surface area contributed by atoms with Crippen molar-refractivity contribution in [3.05, 3.63) is 72.6 Å². The summed E-state index contributed by atoms with van der Waals surface area (Å²) in [6, 6.07) is 15.9. The van der Waals surface area contributed by atoms with Crippen molar-refractivity contribution in [1.82, 2.24) is 9.78 Å². The quantitative estimate of drug-likeness (QED) is 0.533. The molecule has 0 saturated carbocycles. The van der Waals surface area contributed by atoms with E-state index in [4.69, 9.17) is 9.47 Å². The summed E-state index contributed by atoms with van der Waals surface area (Å²) < 4.78 is 11.9. The van der Waals surface area contributed by atoms with Crippen molar-refractivity contribution in [2.45, 2.75) is 13.3 Å². The molecule has 7 heteroatoms. The maximum atomic E-state index is 12.1. The zero-order chi connectivity index (χ0) is 19.1. The molecule has 27 heavy (non-hydrogen) atoms. The molecule has 0 bridgehead atoms. The monoisotopic (exact) mass is 365 g/mol. The van der Waals surface area contributed by atoms with Crippen molar-refractivity contribution in [3.63, 3.8) is 0 Å². The average molecular weight is 365 g/mol. The second-order valence-corrected chi connectivity index (χ2v) is 5.64. The minimum Gasteiger partial charge on any atom is -0.450 e. The molecule has 0 unspecified atom stereocenters. The highest BCUT2D eigenvalue weighted by atomic mass is 16.5. The zero-order valence-electron chi connectivity index (χ0n) is 14.8. The minimum absolute atomic E-state index is 0.155. The molecule has 7 nitrogen and oxygen atoms in total. The van der Waals surface area contributed by atoms with Gasteiger partial charge in [-0.2, -0.15) is 5.10 Å². The second kappa shape index (κ2) is 8.66. The van der Waals surface area contributed by atoms with Crippen LogP contribution in [-0.4, -0.2) is 28.4 Å². The summed E-state index contributed by atoms with van der Waals surface area (Å²) in [5, 5.41) is 6.73. The van der Waals surface area contributed by atoms with Crippen molar-refractivity contribution in [1.29, 1.82) is 0 Å². The predicted molar refractivity (Wildman–Crippen MR) is 100.0 cm³/mol. The van der Waals surface area contributed by atoms with Gasteiger partial charge in [-0.3, -0.25) is 10.1 Å². The molecule has 1 aromatic heterocycles. The number of rotatable bonds is 6. The summed E-state index contributed by atoms with van der Waals surface area (Å²) in [5.74, 6) is 0.0375. The van der Waals surface area contributed by atoms with Crippen LogP contribution in [0.1, 0.15) is 12.5 Å². The first-order valence-corrected chi connectivity index (χ1v) is 8.47. The third kappa shape index (κ3) is 5.18. The first-order chi connectivity index (χ1) is 13.1. The Morgan fingerprint density at radius 3 is 2.44 bits per heavy atom. The Morgan fingerprint density at radius 2 is 1.81 bits per heavy atom. The molecule has 0 aliphatic rings. The molecule has 3 aromatic rings. The number of esters is 1. The van der Waals surface area contributed by atoms with Crippen LogP contribution in [0.2, 0.25) is 0 Å².